The Morgan fingerprint density at radius 3 is 2.39 bits per heavy atom. The summed E-state index contributed by atoms with van der Waals surface area (Å²) in [7, 11) is 0. The number of hydrogen-bond acceptors (Lipinski definition) is 5. The maximum atomic E-state index is 12.6. The van der Waals surface area contributed by atoms with E-state index in [2.05, 4.69) is 60.4 Å². The van der Waals surface area contributed by atoms with Crippen molar-refractivity contribution in [2.24, 2.45) is 0 Å². The fraction of sp³-hybridized carbons (Fsp3) is 0.375. The van der Waals surface area contributed by atoms with Crippen molar-refractivity contribution in [3.8, 4) is 0 Å². The Kier molecular flexibility index (Phi) is 4.12. The summed E-state index contributed by atoms with van der Waals surface area (Å²) in [5, 5.41) is 15.3. The highest BCUT2D eigenvalue weighted by Crippen LogP contribution is 2.32. The van der Waals surface area contributed by atoms with Crippen LogP contribution in [0.4, 0.5) is 5.69 Å². The number of hydrogen-bond donors (Lipinski definition) is 1. The highest BCUT2D eigenvalue weighted by atomic mass is 32.1. The Morgan fingerprint density at radius 1 is 1.17 bits per heavy atom. The van der Waals surface area contributed by atoms with Crippen LogP contribution in [0.2, 0.25) is 0 Å². The molecule has 1 N–H and O–H groups in total. The zero-order valence-electron chi connectivity index (χ0n) is 13.6. The van der Waals surface area contributed by atoms with Crippen LogP contribution in [-0.2, 0) is 0 Å². The average molecular weight is 329 g/mol. The highest BCUT2D eigenvalue weighted by Gasteiger charge is 2.19. The smallest absolute Gasteiger partial charge is 0.286 e. The third-order valence-corrected chi connectivity index (χ3v) is 4.60. The van der Waals surface area contributed by atoms with E-state index in [9.17, 15) is 4.79 Å². The molecule has 3 aromatic rings. The summed E-state index contributed by atoms with van der Waals surface area (Å²) >= 11 is 1.23. The molecule has 0 saturated carbocycles. The van der Waals surface area contributed by atoms with E-state index in [1.807, 2.05) is 6.07 Å². The van der Waals surface area contributed by atoms with E-state index in [4.69, 9.17) is 0 Å². The molecule has 2 heterocycles. The van der Waals surface area contributed by atoms with Crippen LogP contribution in [0.15, 0.2) is 24.5 Å². The molecule has 0 aliphatic rings. The summed E-state index contributed by atoms with van der Waals surface area (Å²) < 4.78 is 1.51. The second-order valence-corrected chi connectivity index (χ2v) is 7.00. The van der Waals surface area contributed by atoms with Crippen molar-refractivity contribution < 1.29 is 4.79 Å². The van der Waals surface area contributed by atoms with Gasteiger partial charge in [-0.1, -0.05) is 57.2 Å². The van der Waals surface area contributed by atoms with Gasteiger partial charge >= 0.3 is 0 Å². The number of benzene rings is 1. The molecule has 0 radical (unpaired) electrons. The van der Waals surface area contributed by atoms with E-state index in [0.29, 0.717) is 21.8 Å². The van der Waals surface area contributed by atoms with Gasteiger partial charge in [0, 0.05) is 5.69 Å². The number of carbonyl (C=O) groups excluding carboxylic acids is 1. The molecule has 0 bridgehead atoms. The number of fused-ring (bicyclic) bond motifs is 1. The number of nitrogens with one attached hydrogen (secondary N) is 1. The Bertz CT molecular complexity index is 794. The lowest BCUT2D eigenvalue weighted by atomic mass is 9.92. The highest BCUT2D eigenvalue weighted by molar-refractivity contribution is 7.18. The van der Waals surface area contributed by atoms with E-state index in [0.717, 1.165) is 16.8 Å². The summed E-state index contributed by atoms with van der Waals surface area (Å²) in [6.07, 6.45) is 1.49. The van der Waals surface area contributed by atoms with Crippen molar-refractivity contribution >= 4 is 27.9 Å². The lowest BCUT2D eigenvalue weighted by Gasteiger charge is -2.19. The van der Waals surface area contributed by atoms with E-state index in [1.54, 1.807) is 0 Å². The summed E-state index contributed by atoms with van der Waals surface area (Å²) in [4.78, 5) is 13.2. The van der Waals surface area contributed by atoms with Gasteiger partial charge < -0.3 is 5.32 Å². The maximum absolute atomic E-state index is 12.6. The van der Waals surface area contributed by atoms with Crippen molar-refractivity contribution in [2.45, 2.75) is 39.5 Å². The van der Waals surface area contributed by atoms with Crippen molar-refractivity contribution in [3.05, 3.63) is 40.7 Å². The molecule has 120 valence electrons. The van der Waals surface area contributed by atoms with Crippen LogP contribution in [-0.4, -0.2) is 25.7 Å². The number of aromatic nitrogens is 4. The zero-order chi connectivity index (χ0) is 16.6. The van der Waals surface area contributed by atoms with Gasteiger partial charge in [-0.15, -0.1) is 15.3 Å². The summed E-state index contributed by atoms with van der Waals surface area (Å²) in [6.45, 7) is 8.49. The molecule has 0 fully saturated rings. The Labute approximate surface area is 138 Å². The van der Waals surface area contributed by atoms with Gasteiger partial charge in [0.1, 0.15) is 6.33 Å². The molecular formula is C16H19N5OS. The predicted molar refractivity (Wildman–Crippen MR) is 91.2 cm³/mol. The fourth-order valence-corrected chi connectivity index (χ4v) is 3.23. The minimum absolute atomic E-state index is 0.212. The molecule has 1 aromatic carbocycles. The molecule has 0 spiro atoms. The van der Waals surface area contributed by atoms with Crippen LogP contribution >= 0.6 is 11.3 Å². The van der Waals surface area contributed by atoms with Crippen LogP contribution in [0.1, 0.15) is 60.5 Å². The fourth-order valence-electron chi connectivity index (χ4n) is 2.51. The standard InChI is InChI=1S/C16H19N5OS/c1-9(2)11-6-5-7-12(10(3)4)13(11)18-14(22)15-20-21-8-17-19-16(21)23-15/h5-10H,1-4H3,(H,18,22). The molecule has 0 saturated heterocycles. The molecule has 1 amide bonds. The van der Waals surface area contributed by atoms with Crippen LogP contribution in [0.5, 0.6) is 0 Å². The van der Waals surface area contributed by atoms with Crippen LogP contribution in [0.25, 0.3) is 4.96 Å². The summed E-state index contributed by atoms with van der Waals surface area (Å²) in [5.74, 6) is 0.430. The van der Waals surface area contributed by atoms with Gasteiger partial charge in [-0.05, 0) is 23.0 Å². The van der Waals surface area contributed by atoms with Crippen molar-refractivity contribution in [3.63, 3.8) is 0 Å². The monoisotopic (exact) mass is 329 g/mol. The van der Waals surface area contributed by atoms with Gasteiger partial charge in [-0.2, -0.15) is 4.52 Å². The van der Waals surface area contributed by atoms with Gasteiger partial charge in [0.2, 0.25) is 9.97 Å². The molecule has 0 unspecified atom stereocenters. The first-order valence-corrected chi connectivity index (χ1v) is 8.40. The normalized spacial score (nSPS) is 11.6. The van der Waals surface area contributed by atoms with Crippen LogP contribution in [0, 0.1) is 0 Å². The largest absolute Gasteiger partial charge is 0.319 e. The van der Waals surface area contributed by atoms with Crippen molar-refractivity contribution in [1.82, 2.24) is 19.8 Å². The van der Waals surface area contributed by atoms with Gasteiger partial charge in [-0.3, -0.25) is 4.79 Å². The molecule has 23 heavy (non-hydrogen) atoms. The molecular weight excluding hydrogens is 310 g/mol. The predicted octanol–water partition coefficient (Wildman–Crippen LogP) is 3.68. The summed E-state index contributed by atoms with van der Waals surface area (Å²) in [5.41, 5.74) is 3.16. The number of anilines is 1. The Balaban J connectivity index is 1.97. The van der Waals surface area contributed by atoms with Gasteiger partial charge in [-0.25, -0.2) is 0 Å². The lowest BCUT2D eigenvalue weighted by molar-refractivity contribution is 0.102. The number of carbonyl (C=O) groups is 1. The van der Waals surface area contributed by atoms with E-state index in [-0.39, 0.29) is 5.91 Å². The van der Waals surface area contributed by atoms with Gasteiger partial charge in [0.15, 0.2) is 0 Å². The molecule has 6 nitrogen and oxygen atoms in total. The van der Waals surface area contributed by atoms with Crippen LogP contribution in [0.3, 0.4) is 0 Å². The number of para-hydroxylation sites is 1. The molecule has 0 atom stereocenters. The van der Waals surface area contributed by atoms with Crippen molar-refractivity contribution in [2.75, 3.05) is 5.32 Å². The maximum Gasteiger partial charge on any atom is 0.286 e. The minimum atomic E-state index is -0.212. The first-order valence-electron chi connectivity index (χ1n) is 7.58. The zero-order valence-corrected chi connectivity index (χ0v) is 14.4. The Morgan fingerprint density at radius 2 is 1.83 bits per heavy atom. The SMILES string of the molecule is CC(C)c1cccc(C(C)C)c1NC(=O)c1nn2cnnc2s1. The number of nitrogens with zero attached hydrogens (tertiary/aromatic N) is 4. The number of amides is 1. The molecule has 2 aromatic heterocycles. The minimum Gasteiger partial charge on any atom is -0.319 e. The van der Waals surface area contributed by atoms with E-state index in [1.165, 1.54) is 22.2 Å². The second kappa shape index (κ2) is 6.08. The third-order valence-electron chi connectivity index (χ3n) is 3.69. The van der Waals surface area contributed by atoms with Gasteiger partial charge in [0.05, 0.1) is 0 Å². The summed E-state index contributed by atoms with van der Waals surface area (Å²) in [6, 6.07) is 6.17. The third kappa shape index (κ3) is 2.96. The first kappa shape index (κ1) is 15.6. The van der Waals surface area contributed by atoms with Crippen LogP contribution < -0.4 is 5.32 Å². The van der Waals surface area contributed by atoms with Gasteiger partial charge in [0.25, 0.3) is 5.91 Å². The molecule has 0 aliphatic heterocycles. The average Bonchev–Trinajstić information content (AvgIpc) is 3.08. The topological polar surface area (TPSA) is 72.2 Å². The molecule has 3 rings (SSSR count). The lowest BCUT2D eigenvalue weighted by Crippen LogP contribution is -2.16. The van der Waals surface area contributed by atoms with Crippen molar-refractivity contribution in [1.29, 1.82) is 0 Å². The number of rotatable bonds is 4. The molecule has 0 aliphatic carbocycles. The van der Waals surface area contributed by atoms with E-state index < -0.39 is 0 Å². The molecule has 7 heteroatoms. The second-order valence-electron chi connectivity index (χ2n) is 6.04. The quantitative estimate of drug-likeness (QED) is 0.792. The first-order chi connectivity index (χ1) is 11.0. The Hall–Kier alpha value is -2.28. The van der Waals surface area contributed by atoms with E-state index >= 15 is 0 Å².